The molecule has 0 aliphatic heterocycles. The van der Waals surface area contributed by atoms with E-state index >= 15 is 0 Å². The van der Waals surface area contributed by atoms with E-state index in [-0.39, 0.29) is 5.41 Å². The molecule has 0 bridgehead atoms. The van der Waals surface area contributed by atoms with Gasteiger partial charge in [-0.3, -0.25) is 0 Å². The summed E-state index contributed by atoms with van der Waals surface area (Å²) in [4.78, 5) is 0.949. The van der Waals surface area contributed by atoms with Crippen molar-refractivity contribution < 1.29 is 5.11 Å². The second-order valence-electron chi connectivity index (χ2n) is 4.18. The third-order valence-corrected chi connectivity index (χ3v) is 3.71. The van der Waals surface area contributed by atoms with Crippen LogP contribution in [0.2, 0.25) is 0 Å². The Morgan fingerprint density at radius 1 is 1.21 bits per heavy atom. The molecular weight excluding hydrogens is 212 g/mol. The Hall–Kier alpha value is -0.280. The molecule has 0 amide bonds. The lowest BCUT2D eigenvalue weighted by molar-refractivity contribution is 0.461. The van der Waals surface area contributed by atoms with Gasteiger partial charge in [-0.15, -0.1) is 0 Å². The van der Waals surface area contributed by atoms with Gasteiger partial charge in [0.15, 0.2) is 0 Å². The van der Waals surface area contributed by atoms with Gasteiger partial charge < -0.3 is 5.11 Å². The summed E-state index contributed by atoms with van der Waals surface area (Å²) in [5.74, 6) is 0.373. The van der Waals surface area contributed by atoms with Gasteiger partial charge in [-0.1, -0.05) is 48.4 Å². The van der Waals surface area contributed by atoms with Crippen LogP contribution in [-0.2, 0) is 5.41 Å². The highest BCUT2D eigenvalue weighted by Crippen LogP contribution is 2.38. The minimum atomic E-state index is 0.140. The molecule has 0 aromatic heterocycles. The Labute approximate surface area is 93.7 Å². The van der Waals surface area contributed by atoms with E-state index in [9.17, 15) is 5.11 Å². The summed E-state index contributed by atoms with van der Waals surface area (Å²) in [7, 11) is 3.24. The molecule has 14 heavy (non-hydrogen) atoms. The fourth-order valence-corrected chi connectivity index (χ4v) is 2.58. The number of phenols is 1. The van der Waals surface area contributed by atoms with Crippen molar-refractivity contribution in [2.45, 2.75) is 31.1 Å². The van der Waals surface area contributed by atoms with Crippen LogP contribution < -0.4 is 0 Å². The normalized spacial score (nSPS) is 11.7. The Morgan fingerprint density at radius 3 is 2.36 bits per heavy atom. The highest BCUT2D eigenvalue weighted by molar-refractivity contribution is 8.76. The van der Waals surface area contributed by atoms with E-state index in [1.165, 1.54) is 5.56 Å². The fraction of sp³-hybridized carbons (Fsp3) is 0.455. The van der Waals surface area contributed by atoms with Gasteiger partial charge in [-0.25, -0.2) is 0 Å². The van der Waals surface area contributed by atoms with Crippen LogP contribution in [0.15, 0.2) is 23.1 Å². The molecule has 1 aromatic carbocycles. The molecule has 0 fully saturated rings. The SMILES string of the molecule is CSSc1cc(C(C)(C)C)ccc1O. The van der Waals surface area contributed by atoms with Gasteiger partial charge in [-0.2, -0.15) is 0 Å². The van der Waals surface area contributed by atoms with Gasteiger partial charge in [-0.05, 0) is 29.4 Å². The average Bonchev–Trinajstić information content (AvgIpc) is 2.07. The van der Waals surface area contributed by atoms with E-state index in [2.05, 4.69) is 26.8 Å². The predicted octanol–water partition coefficient (Wildman–Crippen LogP) is 4.06. The maximum absolute atomic E-state index is 9.60. The van der Waals surface area contributed by atoms with Gasteiger partial charge in [0.25, 0.3) is 0 Å². The molecule has 0 aliphatic carbocycles. The first kappa shape index (κ1) is 11.8. The van der Waals surface area contributed by atoms with Crippen molar-refractivity contribution in [1.29, 1.82) is 0 Å². The van der Waals surface area contributed by atoms with Crippen molar-refractivity contribution in [1.82, 2.24) is 0 Å². The topological polar surface area (TPSA) is 20.2 Å². The van der Waals surface area contributed by atoms with E-state index in [1.807, 2.05) is 12.3 Å². The highest BCUT2D eigenvalue weighted by Gasteiger charge is 2.15. The summed E-state index contributed by atoms with van der Waals surface area (Å²) >= 11 is 0. The van der Waals surface area contributed by atoms with Crippen LogP contribution in [0.4, 0.5) is 0 Å². The number of hydrogen-bond donors (Lipinski definition) is 1. The van der Waals surface area contributed by atoms with Crippen LogP contribution in [-0.4, -0.2) is 11.4 Å². The molecule has 0 heterocycles. The van der Waals surface area contributed by atoms with Crippen LogP contribution in [0.1, 0.15) is 26.3 Å². The molecule has 0 atom stereocenters. The minimum Gasteiger partial charge on any atom is -0.507 e. The average molecular weight is 228 g/mol. The molecule has 0 saturated carbocycles. The maximum Gasteiger partial charge on any atom is 0.130 e. The minimum absolute atomic E-state index is 0.140. The number of hydrogen-bond acceptors (Lipinski definition) is 3. The number of benzene rings is 1. The van der Waals surface area contributed by atoms with Gasteiger partial charge in [0, 0.05) is 0 Å². The summed E-state index contributed by atoms with van der Waals surface area (Å²) in [6.45, 7) is 6.52. The molecule has 1 rings (SSSR count). The molecular formula is C11H16OS2. The standard InChI is InChI=1S/C11H16OS2/c1-11(2,3)8-5-6-9(12)10(7-8)14-13-4/h5-7,12H,1-4H3. The van der Waals surface area contributed by atoms with Crippen molar-refractivity contribution in [3.8, 4) is 5.75 Å². The molecule has 1 N–H and O–H groups in total. The second-order valence-corrected chi connectivity index (χ2v) is 6.62. The van der Waals surface area contributed by atoms with E-state index in [1.54, 1.807) is 27.7 Å². The maximum atomic E-state index is 9.60. The number of phenolic OH excluding ortho intramolecular Hbond substituents is 1. The molecule has 0 saturated heterocycles. The van der Waals surface area contributed by atoms with Crippen molar-refractivity contribution >= 4 is 21.6 Å². The Kier molecular flexibility index (Phi) is 3.78. The summed E-state index contributed by atoms with van der Waals surface area (Å²) < 4.78 is 0. The molecule has 78 valence electrons. The van der Waals surface area contributed by atoms with Gasteiger partial charge in [0.2, 0.25) is 0 Å². The lowest BCUT2D eigenvalue weighted by Gasteiger charge is -2.19. The largest absolute Gasteiger partial charge is 0.507 e. The molecule has 0 unspecified atom stereocenters. The Bertz CT molecular complexity index is 316. The molecule has 0 aliphatic rings. The van der Waals surface area contributed by atoms with Crippen LogP contribution in [0.5, 0.6) is 5.75 Å². The first-order chi connectivity index (χ1) is 6.45. The predicted molar refractivity (Wildman–Crippen MR) is 66.2 cm³/mol. The zero-order chi connectivity index (χ0) is 10.8. The first-order valence-corrected chi connectivity index (χ1v) is 7.05. The first-order valence-electron chi connectivity index (χ1n) is 4.49. The Balaban J connectivity index is 3.06. The smallest absolute Gasteiger partial charge is 0.130 e. The van der Waals surface area contributed by atoms with Gasteiger partial charge >= 0.3 is 0 Å². The van der Waals surface area contributed by atoms with Gasteiger partial charge in [0.05, 0.1) is 4.90 Å². The molecule has 3 heteroatoms. The monoisotopic (exact) mass is 228 g/mol. The summed E-state index contributed by atoms with van der Waals surface area (Å²) in [5, 5.41) is 9.60. The quantitative estimate of drug-likeness (QED) is 0.771. The van der Waals surface area contributed by atoms with E-state index in [0.717, 1.165) is 4.90 Å². The van der Waals surface area contributed by atoms with Crippen molar-refractivity contribution in [2.24, 2.45) is 0 Å². The zero-order valence-electron chi connectivity index (χ0n) is 9.00. The van der Waals surface area contributed by atoms with Crippen LogP contribution >= 0.6 is 21.6 Å². The third-order valence-electron chi connectivity index (χ3n) is 2.00. The fourth-order valence-electron chi connectivity index (χ4n) is 1.14. The Morgan fingerprint density at radius 2 is 1.86 bits per heavy atom. The summed E-state index contributed by atoms with van der Waals surface area (Å²) in [6.07, 6.45) is 2.01. The van der Waals surface area contributed by atoms with Crippen LogP contribution in [0.25, 0.3) is 0 Å². The lowest BCUT2D eigenvalue weighted by Crippen LogP contribution is -2.10. The molecule has 1 aromatic rings. The van der Waals surface area contributed by atoms with Crippen molar-refractivity contribution in [3.05, 3.63) is 23.8 Å². The van der Waals surface area contributed by atoms with E-state index < -0.39 is 0 Å². The number of rotatable bonds is 2. The van der Waals surface area contributed by atoms with E-state index in [0.29, 0.717) is 5.75 Å². The lowest BCUT2D eigenvalue weighted by atomic mass is 9.87. The summed E-state index contributed by atoms with van der Waals surface area (Å²) in [6, 6.07) is 5.83. The molecule has 1 nitrogen and oxygen atoms in total. The summed E-state index contributed by atoms with van der Waals surface area (Å²) in [5.41, 5.74) is 1.40. The highest BCUT2D eigenvalue weighted by atomic mass is 33.1. The van der Waals surface area contributed by atoms with Crippen molar-refractivity contribution in [2.75, 3.05) is 6.26 Å². The van der Waals surface area contributed by atoms with Crippen LogP contribution in [0.3, 0.4) is 0 Å². The second kappa shape index (κ2) is 4.49. The number of aromatic hydroxyl groups is 1. The molecule has 0 spiro atoms. The van der Waals surface area contributed by atoms with Crippen LogP contribution in [0, 0.1) is 0 Å². The van der Waals surface area contributed by atoms with Crippen molar-refractivity contribution in [3.63, 3.8) is 0 Å². The zero-order valence-corrected chi connectivity index (χ0v) is 10.6. The van der Waals surface area contributed by atoms with Gasteiger partial charge in [0.1, 0.15) is 5.75 Å². The molecule has 0 radical (unpaired) electrons. The van der Waals surface area contributed by atoms with E-state index in [4.69, 9.17) is 0 Å². The third kappa shape index (κ3) is 2.85.